The second-order valence-corrected chi connectivity index (χ2v) is 4.57. The molecule has 0 saturated carbocycles. The highest BCUT2D eigenvalue weighted by atomic mass is 16.5. The summed E-state index contributed by atoms with van der Waals surface area (Å²) in [6.45, 7) is 3.68. The highest BCUT2D eigenvalue weighted by Gasteiger charge is 2.19. The lowest BCUT2D eigenvalue weighted by Gasteiger charge is -2.24. The van der Waals surface area contributed by atoms with Gasteiger partial charge in [-0.3, -0.25) is 4.98 Å². The number of pyridine rings is 1. The zero-order chi connectivity index (χ0) is 11.4. The minimum atomic E-state index is -0.428. The van der Waals surface area contributed by atoms with E-state index in [2.05, 4.69) is 4.98 Å². The predicted molar refractivity (Wildman–Crippen MR) is 62.1 cm³/mol. The summed E-state index contributed by atoms with van der Waals surface area (Å²) in [4.78, 5) is 4.22. The maximum Gasteiger partial charge on any atom is 0.0962 e. The van der Waals surface area contributed by atoms with Crippen molar-refractivity contribution in [3.05, 3.63) is 29.6 Å². The number of ether oxygens (including phenoxy) is 1. The third-order valence-corrected chi connectivity index (χ3v) is 3.18. The monoisotopic (exact) mass is 221 g/mol. The number of aryl methyl sites for hydroxylation is 1. The van der Waals surface area contributed by atoms with Crippen molar-refractivity contribution in [2.75, 3.05) is 13.2 Å². The summed E-state index contributed by atoms with van der Waals surface area (Å²) < 4.78 is 5.31. The molecular formula is C13H19NO2. The van der Waals surface area contributed by atoms with Gasteiger partial charge in [0.1, 0.15) is 0 Å². The molecule has 1 aliphatic rings. The quantitative estimate of drug-likeness (QED) is 0.851. The zero-order valence-electron chi connectivity index (χ0n) is 9.72. The van der Waals surface area contributed by atoms with Gasteiger partial charge in [-0.1, -0.05) is 0 Å². The smallest absolute Gasteiger partial charge is 0.0962 e. The number of hydrogen-bond acceptors (Lipinski definition) is 3. The Balaban J connectivity index is 1.94. The van der Waals surface area contributed by atoms with Crippen LogP contribution < -0.4 is 0 Å². The van der Waals surface area contributed by atoms with Crippen molar-refractivity contribution in [1.29, 1.82) is 0 Å². The van der Waals surface area contributed by atoms with Crippen LogP contribution in [0, 0.1) is 12.8 Å². The molecule has 1 atom stereocenters. The van der Waals surface area contributed by atoms with Gasteiger partial charge in [0.15, 0.2) is 0 Å². The standard InChI is InChI=1S/C13H19NO2/c1-10-2-5-14-12(8-10)13(15)9-11-3-6-16-7-4-11/h2,5,8,11,13,15H,3-4,6-7,9H2,1H3. The second kappa shape index (κ2) is 5.41. The van der Waals surface area contributed by atoms with Gasteiger partial charge in [0.05, 0.1) is 11.8 Å². The van der Waals surface area contributed by atoms with E-state index in [1.54, 1.807) is 6.20 Å². The highest BCUT2D eigenvalue weighted by Crippen LogP contribution is 2.26. The topological polar surface area (TPSA) is 42.4 Å². The van der Waals surface area contributed by atoms with Crippen LogP contribution >= 0.6 is 0 Å². The van der Waals surface area contributed by atoms with E-state index in [4.69, 9.17) is 4.74 Å². The normalized spacial score (nSPS) is 19.6. The minimum absolute atomic E-state index is 0.428. The lowest BCUT2D eigenvalue weighted by atomic mass is 9.92. The van der Waals surface area contributed by atoms with Crippen molar-refractivity contribution >= 4 is 0 Å². The molecule has 88 valence electrons. The molecule has 0 amide bonds. The molecule has 1 unspecified atom stereocenters. The second-order valence-electron chi connectivity index (χ2n) is 4.57. The maximum absolute atomic E-state index is 10.1. The van der Waals surface area contributed by atoms with Gasteiger partial charge in [-0.2, -0.15) is 0 Å². The fraction of sp³-hybridized carbons (Fsp3) is 0.615. The molecule has 3 heteroatoms. The summed E-state index contributed by atoms with van der Waals surface area (Å²) in [6, 6.07) is 3.91. The predicted octanol–water partition coefficient (Wildman–Crippen LogP) is 2.24. The van der Waals surface area contributed by atoms with Gasteiger partial charge in [-0.15, -0.1) is 0 Å². The van der Waals surface area contributed by atoms with Crippen molar-refractivity contribution in [3.63, 3.8) is 0 Å². The molecule has 2 heterocycles. The van der Waals surface area contributed by atoms with Gasteiger partial charge in [0.25, 0.3) is 0 Å². The Hall–Kier alpha value is -0.930. The van der Waals surface area contributed by atoms with Gasteiger partial charge in [-0.25, -0.2) is 0 Å². The van der Waals surface area contributed by atoms with E-state index >= 15 is 0 Å². The Bertz CT molecular complexity index is 334. The van der Waals surface area contributed by atoms with Gasteiger partial charge >= 0.3 is 0 Å². The van der Waals surface area contributed by atoms with Crippen LogP contribution in [0.2, 0.25) is 0 Å². The Morgan fingerprint density at radius 1 is 1.50 bits per heavy atom. The number of aromatic nitrogens is 1. The number of aliphatic hydroxyl groups excluding tert-OH is 1. The van der Waals surface area contributed by atoms with E-state index in [0.29, 0.717) is 5.92 Å². The van der Waals surface area contributed by atoms with Crippen LogP contribution in [0.3, 0.4) is 0 Å². The first-order valence-corrected chi connectivity index (χ1v) is 5.94. The first-order valence-electron chi connectivity index (χ1n) is 5.94. The summed E-state index contributed by atoms with van der Waals surface area (Å²) >= 11 is 0. The Morgan fingerprint density at radius 3 is 2.94 bits per heavy atom. The molecule has 1 N–H and O–H groups in total. The molecule has 16 heavy (non-hydrogen) atoms. The number of rotatable bonds is 3. The number of hydrogen-bond donors (Lipinski definition) is 1. The molecule has 1 aromatic heterocycles. The largest absolute Gasteiger partial charge is 0.387 e. The molecule has 0 aliphatic carbocycles. The van der Waals surface area contributed by atoms with Crippen molar-refractivity contribution in [2.45, 2.75) is 32.3 Å². The molecule has 0 aromatic carbocycles. The van der Waals surface area contributed by atoms with E-state index in [0.717, 1.165) is 43.7 Å². The molecular weight excluding hydrogens is 202 g/mol. The van der Waals surface area contributed by atoms with E-state index in [-0.39, 0.29) is 0 Å². The number of aliphatic hydroxyl groups is 1. The molecule has 3 nitrogen and oxygen atoms in total. The molecule has 0 bridgehead atoms. The van der Waals surface area contributed by atoms with Crippen molar-refractivity contribution in [3.8, 4) is 0 Å². The van der Waals surface area contributed by atoms with Crippen molar-refractivity contribution in [1.82, 2.24) is 4.98 Å². The van der Waals surface area contributed by atoms with Crippen LogP contribution in [0.25, 0.3) is 0 Å². The number of nitrogens with zero attached hydrogens (tertiary/aromatic N) is 1. The van der Waals surface area contributed by atoms with Crippen molar-refractivity contribution < 1.29 is 9.84 Å². The van der Waals surface area contributed by atoms with Crippen LogP contribution in [0.1, 0.15) is 36.6 Å². The van der Waals surface area contributed by atoms with E-state index in [1.165, 1.54) is 0 Å². The Morgan fingerprint density at radius 2 is 2.25 bits per heavy atom. The summed E-state index contributed by atoms with van der Waals surface area (Å²) in [5, 5.41) is 10.1. The van der Waals surface area contributed by atoms with E-state index < -0.39 is 6.10 Å². The van der Waals surface area contributed by atoms with Gasteiger partial charge in [-0.05, 0) is 49.8 Å². The lowest BCUT2D eigenvalue weighted by molar-refractivity contribution is 0.0427. The lowest BCUT2D eigenvalue weighted by Crippen LogP contribution is -2.18. The highest BCUT2D eigenvalue weighted by molar-refractivity contribution is 5.16. The van der Waals surface area contributed by atoms with E-state index in [1.807, 2.05) is 19.1 Å². The van der Waals surface area contributed by atoms with Crippen LogP contribution in [0.4, 0.5) is 0 Å². The SMILES string of the molecule is Cc1ccnc(C(O)CC2CCOCC2)c1. The third kappa shape index (κ3) is 3.03. The molecule has 2 rings (SSSR count). The van der Waals surface area contributed by atoms with E-state index in [9.17, 15) is 5.11 Å². The third-order valence-electron chi connectivity index (χ3n) is 3.18. The summed E-state index contributed by atoms with van der Waals surface area (Å²) in [5.41, 5.74) is 1.95. The summed E-state index contributed by atoms with van der Waals surface area (Å²) in [6.07, 6.45) is 4.26. The van der Waals surface area contributed by atoms with Crippen LogP contribution in [0.5, 0.6) is 0 Å². The average molecular weight is 221 g/mol. The molecule has 1 fully saturated rings. The first kappa shape index (κ1) is 11.6. The molecule has 1 saturated heterocycles. The Labute approximate surface area is 96.5 Å². The fourth-order valence-corrected chi connectivity index (χ4v) is 2.16. The van der Waals surface area contributed by atoms with Gasteiger partial charge < -0.3 is 9.84 Å². The maximum atomic E-state index is 10.1. The fourth-order valence-electron chi connectivity index (χ4n) is 2.16. The van der Waals surface area contributed by atoms with Crippen LogP contribution in [-0.2, 0) is 4.74 Å². The van der Waals surface area contributed by atoms with Crippen molar-refractivity contribution in [2.24, 2.45) is 5.92 Å². The van der Waals surface area contributed by atoms with Crippen LogP contribution in [-0.4, -0.2) is 23.3 Å². The minimum Gasteiger partial charge on any atom is -0.387 e. The summed E-state index contributed by atoms with van der Waals surface area (Å²) in [7, 11) is 0. The molecule has 0 radical (unpaired) electrons. The molecule has 0 spiro atoms. The van der Waals surface area contributed by atoms with Gasteiger partial charge in [0, 0.05) is 19.4 Å². The van der Waals surface area contributed by atoms with Gasteiger partial charge in [0.2, 0.25) is 0 Å². The molecule has 1 aliphatic heterocycles. The zero-order valence-corrected chi connectivity index (χ0v) is 9.72. The van der Waals surface area contributed by atoms with Crippen LogP contribution in [0.15, 0.2) is 18.3 Å². The molecule has 1 aromatic rings. The average Bonchev–Trinajstić information content (AvgIpc) is 2.30. The summed E-state index contributed by atoms with van der Waals surface area (Å²) in [5.74, 6) is 0.575. The first-order chi connectivity index (χ1) is 7.75. The Kier molecular flexibility index (Phi) is 3.91.